The molecule has 0 unspecified atom stereocenters. The number of aliphatic imine (C=N–C) groups is 1. The van der Waals surface area contributed by atoms with Crippen molar-refractivity contribution in [3.8, 4) is 11.4 Å². The molecule has 2 heterocycles. The van der Waals surface area contributed by atoms with Crippen molar-refractivity contribution in [2.24, 2.45) is 4.99 Å². The largest absolute Gasteiger partial charge is 0.497 e. The fourth-order valence-corrected chi connectivity index (χ4v) is 3.36. The Kier molecular flexibility index (Phi) is 8.87. The molecule has 0 spiro atoms. The average Bonchev–Trinajstić information content (AvgIpc) is 3.52. The van der Waals surface area contributed by atoms with Crippen molar-refractivity contribution in [1.29, 1.82) is 0 Å². The summed E-state index contributed by atoms with van der Waals surface area (Å²) in [6.07, 6.45) is 5.71. The van der Waals surface area contributed by atoms with Crippen LogP contribution < -0.4 is 15.4 Å². The van der Waals surface area contributed by atoms with Gasteiger partial charge in [0.25, 0.3) is 0 Å². The van der Waals surface area contributed by atoms with Gasteiger partial charge in [0, 0.05) is 32.2 Å². The minimum atomic E-state index is 0. The zero-order valence-corrected chi connectivity index (χ0v) is 21.0. The van der Waals surface area contributed by atoms with Crippen LogP contribution >= 0.6 is 24.0 Å². The number of methoxy groups -OCH3 is 1. The van der Waals surface area contributed by atoms with Gasteiger partial charge in [-0.2, -0.15) is 10.2 Å². The first-order valence-electron chi connectivity index (χ1n) is 10.4. The molecule has 0 radical (unpaired) electrons. The van der Waals surface area contributed by atoms with Crippen molar-refractivity contribution < 1.29 is 4.74 Å². The fraction of sp³-hybridized carbons (Fsp3) is 0.208. The Morgan fingerprint density at radius 3 is 2.39 bits per heavy atom. The van der Waals surface area contributed by atoms with E-state index in [4.69, 9.17) is 4.74 Å². The number of hydrogen-bond donors (Lipinski definition) is 2. The summed E-state index contributed by atoms with van der Waals surface area (Å²) < 4.78 is 8.98. The van der Waals surface area contributed by atoms with Gasteiger partial charge in [-0.3, -0.25) is 9.67 Å². The van der Waals surface area contributed by atoms with Gasteiger partial charge in [-0.05, 0) is 47.5 Å². The normalized spacial score (nSPS) is 11.0. The second-order valence-electron chi connectivity index (χ2n) is 7.20. The van der Waals surface area contributed by atoms with Crippen LogP contribution in [-0.2, 0) is 19.6 Å². The molecule has 2 aromatic heterocycles. The van der Waals surface area contributed by atoms with E-state index in [2.05, 4.69) is 44.0 Å². The van der Waals surface area contributed by atoms with E-state index in [1.54, 1.807) is 20.4 Å². The van der Waals surface area contributed by atoms with Crippen LogP contribution in [0.25, 0.3) is 5.69 Å². The standard InChI is InChI=1S/C24H27N7O.HI/c1-25-24(26-16-19-6-3-4-7-20(19)18-30-14-5-13-28-30)27-17-21-12-15-31(29-21)22-8-10-23(32-2)11-9-22;/h3-15H,16-18H2,1-2H3,(H2,25,26,27);1H. The third-order valence-electron chi connectivity index (χ3n) is 5.10. The Hall–Kier alpha value is -3.34. The third kappa shape index (κ3) is 6.58. The molecule has 172 valence electrons. The van der Waals surface area contributed by atoms with Gasteiger partial charge in [-0.15, -0.1) is 24.0 Å². The van der Waals surface area contributed by atoms with Crippen molar-refractivity contribution in [3.05, 3.63) is 96.1 Å². The fourth-order valence-electron chi connectivity index (χ4n) is 3.36. The van der Waals surface area contributed by atoms with Crippen LogP contribution in [0, 0.1) is 0 Å². The van der Waals surface area contributed by atoms with Gasteiger partial charge >= 0.3 is 0 Å². The highest BCUT2D eigenvalue weighted by atomic mass is 127. The van der Waals surface area contributed by atoms with E-state index < -0.39 is 0 Å². The molecule has 0 saturated carbocycles. The molecule has 0 aliphatic rings. The summed E-state index contributed by atoms with van der Waals surface area (Å²) in [5.74, 6) is 1.54. The SMILES string of the molecule is CN=C(NCc1ccn(-c2ccc(OC)cc2)n1)NCc1ccccc1Cn1cccn1.I. The van der Waals surface area contributed by atoms with Crippen LogP contribution in [0.15, 0.2) is 84.2 Å². The molecule has 8 nitrogen and oxygen atoms in total. The van der Waals surface area contributed by atoms with Crippen LogP contribution in [0.2, 0.25) is 0 Å². The summed E-state index contributed by atoms with van der Waals surface area (Å²) in [5.41, 5.74) is 4.32. The summed E-state index contributed by atoms with van der Waals surface area (Å²) in [7, 11) is 3.42. The van der Waals surface area contributed by atoms with Gasteiger partial charge in [-0.25, -0.2) is 4.68 Å². The number of hydrogen-bond acceptors (Lipinski definition) is 4. The average molecular weight is 557 g/mol. The number of ether oxygens (including phenoxy) is 1. The maximum atomic E-state index is 5.21. The third-order valence-corrected chi connectivity index (χ3v) is 5.10. The Labute approximate surface area is 210 Å². The van der Waals surface area contributed by atoms with Gasteiger partial charge in [0.15, 0.2) is 5.96 Å². The maximum Gasteiger partial charge on any atom is 0.191 e. The smallest absolute Gasteiger partial charge is 0.191 e. The molecule has 4 aromatic rings. The molecule has 0 aliphatic heterocycles. The molecule has 0 saturated heterocycles. The molecule has 0 amide bonds. The van der Waals surface area contributed by atoms with Gasteiger partial charge < -0.3 is 15.4 Å². The van der Waals surface area contributed by atoms with E-state index in [0.29, 0.717) is 13.1 Å². The number of rotatable bonds is 8. The summed E-state index contributed by atoms with van der Waals surface area (Å²) in [6, 6.07) is 20.1. The van der Waals surface area contributed by atoms with E-state index in [1.165, 1.54) is 11.1 Å². The first kappa shape index (κ1) is 24.3. The zero-order chi connectivity index (χ0) is 22.2. The van der Waals surface area contributed by atoms with E-state index >= 15 is 0 Å². The molecule has 0 bridgehead atoms. The van der Waals surface area contributed by atoms with Crippen LogP contribution in [0.4, 0.5) is 0 Å². The lowest BCUT2D eigenvalue weighted by Crippen LogP contribution is -2.36. The van der Waals surface area contributed by atoms with Crippen LogP contribution in [-0.4, -0.2) is 39.7 Å². The molecule has 0 aliphatic carbocycles. The van der Waals surface area contributed by atoms with E-state index in [-0.39, 0.29) is 24.0 Å². The van der Waals surface area contributed by atoms with Crippen LogP contribution in [0.5, 0.6) is 5.75 Å². The monoisotopic (exact) mass is 557 g/mol. The van der Waals surface area contributed by atoms with Crippen molar-refractivity contribution in [2.75, 3.05) is 14.2 Å². The van der Waals surface area contributed by atoms with Gasteiger partial charge in [0.05, 0.1) is 31.6 Å². The summed E-state index contributed by atoms with van der Waals surface area (Å²) in [5, 5.41) is 15.7. The number of benzene rings is 2. The predicted octanol–water partition coefficient (Wildman–Crippen LogP) is 3.61. The number of nitrogens with one attached hydrogen (secondary N) is 2. The lowest BCUT2D eigenvalue weighted by molar-refractivity contribution is 0.414. The van der Waals surface area contributed by atoms with Crippen LogP contribution in [0.3, 0.4) is 0 Å². The Balaban J connectivity index is 0.00000306. The molecule has 9 heteroatoms. The minimum absolute atomic E-state index is 0. The first-order chi connectivity index (χ1) is 15.7. The topological polar surface area (TPSA) is 81.3 Å². The second kappa shape index (κ2) is 12.0. The minimum Gasteiger partial charge on any atom is -0.497 e. The second-order valence-corrected chi connectivity index (χ2v) is 7.20. The molecule has 33 heavy (non-hydrogen) atoms. The molecule has 4 rings (SSSR count). The molecular formula is C24H28IN7O. The summed E-state index contributed by atoms with van der Waals surface area (Å²) >= 11 is 0. The van der Waals surface area contributed by atoms with Crippen LogP contribution in [0.1, 0.15) is 16.8 Å². The number of halogens is 1. The summed E-state index contributed by atoms with van der Waals surface area (Å²) in [4.78, 5) is 4.34. The lowest BCUT2D eigenvalue weighted by atomic mass is 10.1. The highest BCUT2D eigenvalue weighted by Gasteiger charge is 2.06. The van der Waals surface area contributed by atoms with Crippen molar-refractivity contribution in [2.45, 2.75) is 19.6 Å². The van der Waals surface area contributed by atoms with Crippen molar-refractivity contribution in [1.82, 2.24) is 30.2 Å². The number of guanidine groups is 1. The van der Waals surface area contributed by atoms with Gasteiger partial charge in [0.2, 0.25) is 0 Å². The van der Waals surface area contributed by atoms with E-state index in [9.17, 15) is 0 Å². The van der Waals surface area contributed by atoms with E-state index in [0.717, 1.165) is 29.6 Å². The molecule has 2 N–H and O–H groups in total. The summed E-state index contributed by atoms with van der Waals surface area (Å²) in [6.45, 7) is 1.97. The Morgan fingerprint density at radius 2 is 1.70 bits per heavy atom. The maximum absolute atomic E-state index is 5.21. The Morgan fingerprint density at radius 1 is 0.939 bits per heavy atom. The molecule has 0 fully saturated rings. The van der Waals surface area contributed by atoms with Gasteiger partial charge in [-0.1, -0.05) is 24.3 Å². The number of aromatic nitrogens is 4. The Bertz CT molecular complexity index is 1150. The van der Waals surface area contributed by atoms with Gasteiger partial charge in [0.1, 0.15) is 5.75 Å². The quantitative estimate of drug-likeness (QED) is 0.197. The van der Waals surface area contributed by atoms with Crippen molar-refractivity contribution in [3.63, 3.8) is 0 Å². The van der Waals surface area contributed by atoms with E-state index in [1.807, 2.05) is 64.2 Å². The molecule has 2 aromatic carbocycles. The molecule has 0 atom stereocenters. The first-order valence-corrected chi connectivity index (χ1v) is 10.4. The lowest BCUT2D eigenvalue weighted by Gasteiger charge is -2.14. The highest BCUT2D eigenvalue weighted by molar-refractivity contribution is 14.0. The predicted molar refractivity (Wildman–Crippen MR) is 140 cm³/mol. The molecular weight excluding hydrogens is 529 g/mol. The highest BCUT2D eigenvalue weighted by Crippen LogP contribution is 2.14. The van der Waals surface area contributed by atoms with Crippen molar-refractivity contribution >= 4 is 29.9 Å². The zero-order valence-electron chi connectivity index (χ0n) is 18.7. The number of nitrogens with zero attached hydrogens (tertiary/aromatic N) is 5.